The topological polar surface area (TPSA) is 3.24 Å². The molecule has 0 aliphatic heterocycles. The van der Waals surface area contributed by atoms with E-state index in [0.29, 0.717) is 0 Å². The monoisotopic (exact) mass is 331 g/mol. The molecule has 0 unspecified atom stereocenters. The lowest BCUT2D eigenvalue weighted by atomic mass is 10.2. The minimum absolute atomic E-state index is 1.27. The molecule has 1 rings (SSSR count). The van der Waals surface area contributed by atoms with Gasteiger partial charge in [0.05, 0.1) is 8.07 Å². The average molecular weight is 332 g/mol. The number of unbranched alkanes of at least 4 members (excludes halogenated alkanes) is 2. The summed E-state index contributed by atoms with van der Waals surface area (Å²) in [6.07, 6.45) is 8.63. The van der Waals surface area contributed by atoms with Crippen molar-refractivity contribution in [3.8, 4) is 0 Å². The summed E-state index contributed by atoms with van der Waals surface area (Å²) in [6, 6.07) is 10.2. The lowest BCUT2D eigenvalue weighted by Gasteiger charge is -2.27. The number of hydrogen-bond donors (Lipinski definition) is 0. The molecular weight excluding hydrogens is 294 g/mol. The fourth-order valence-corrected chi connectivity index (χ4v) is 6.10. The standard InChI is InChI=1S/C21H37NSi/c1-6-9-16-22(17-10-7-2)18-13-19-23(4,5)21-15-12-11-14-20(21)8-3/h8,11-12,14-15H,3,6-7,9-10,13,16-19H2,1-2,4-5H3. The van der Waals surface area contributed by atoms with Gasteiger partial charge in [-0.3, -0.25) is 0 Å². The van der Waals surface area contributed by atoms with Crippen molar-refractivity contribution in [3.05, 3.63) is 36.4 Å². The molecule has 0 amide bonds. The Balaban J connectivity index is 2.57. The normalized spacial score (nSPS) is 11.9. The third kappa shape index (κ3) is 7.05. The second kappa shape index (κ2) is 10.8. The molecule has 1 aromatic rings. The van der Waals surface area contributed by atoms with Crippen molar-refractivity contribution < 1.29 is 0 Å². The highest BCUT2D eigenvalue weighted by molar-refractivity contribution is 6.90. The van der Waals surface area contributed by atoms with Gasteiger partial charge in [-0.1, -0.05) is 87.9 Å². The molecule has 0 atom stereocenters. The molecule has 0 bridgehead atoms. The highest BCUT2D eigenvalue weighted by Gasteiger charge is 2.24. The van der Waals surface area contributed by atoms with Gasteiger partial charge in [-0.15, -0.1) is 0 Å². The van der Waals surface area contributed by atoms with Gasteiger partial charge in [0.25, 0.3) is 0 Å². The highest BCUT2D eigenvalue weighted by atomic mass is 28.3. The summed E-state index contributed by atoms with van der Waals surface area (Å²) in [5.41, 5.74) is 1.35. The van der Waals surface area contributed by atoms with Gasteiger partial charge in [0.2, 0.25) is 0 Å². The number of hydrogen-bond acceptors (Lipinski definition) is 1. The summed E-state index contributed by atoms with van der Waals surface area (Å²) in [5, 5.41) is 1.57. The predicted octanol–water partition coefficient (Wildman–Crippen LogP) is 5.54. The quantitative estimate of drug-likeness (QED) is 0.455. The van der Waals surface area contributed by atoms with E-state index in [0.717, 1.165) is 0 Å². The van der Waals surface area contributed by atoms with E-state index in [2.05, 4.69) is 62.7 Å². The molecule has 0 aliphatic rings. The average Bonchev–Trinajstić information content (AvgIpc) is 2.56. The zero-order valence-corrected chi connectivity index (χ0v) is 16.9. The van der Waals surface area contributed by atoms with Crippen LogP contribution in [0.3, 0.4) is 0 Å². The molecule has 2 heteroatoms. The molecule has 1 aromatic carbocycles. The first-order valence-corrected chi connectivity index (χ1v) is 12.7. The summed E-state index contributed by atoms with van der Waals surface area (Å²) in [7, 11) is -1.37. The summed E-state index contributed by atoms with van der Waals surface area (Å²) >= 11 is 0. The summed E-state index contributed by atoms with van der Waals surface area (Å²) in [5.74, 6) is 0. The summed E-state index contributed by atoms with van der Waals surface area (Å²) in [6.45, 7) is 17.4. The Kier molecular flexibility index (Phi) is 9.50. The summed E-state index contributed by atoms with van der Waals surface area (Å²) in [4.78, 5) is 2.69. The lowest BCUT2D eigenvalue weighted by molar-refractivity contribution is 0.265. The Hall–Kier alpha value is -0.863. The van der Waals surface area contributed by atoms with Gasteiger partial charge in [-0.05, 0) is 44.5 Å². The van der Waals surface area contributed by atoms with Crippen LogP contribution in [0.2, 0.25) is 19.1 Å². The molecule has 0 saturated carbocycles. The van der Waals surface area contributed by atoms with E-state index in [4.69, 9.17) is 0 Å². The zero-order chi connectivity index (χ0) is 17.1. The van der Waals surface area contributed by atoms with Crippen molar-refractivity contribution in [1.29, 1.82) is 0 Å². The van der Waals surface area contributed by atoms with Crippen LogP contribution >= 0.6 is 0 Å². The van der Waals surface area contributed by atoms with Gasteiger partial charge in [-0.25, -0.2) is 0 Å². The van der Waals surface area contributed by atoms with Crippen LogP contribution in [-0.2, 0) is 0 Å². The second-order valence-electron chi connectivity index (χ2n) is 7.33. The SMILES string of the molecule is C=Cc1ccccc1[Si](C)(C)CCCN(CCCC)CCCC. The first-order chi connectivity index (χ1) is 11.0. The maximum Gasteiger partial charge on any atom is 0.0814 e. The summed E-state index contributed by atoms with van der Waals surface area (Å²) < 4.78 is 0. The molecule has 0 saturated heterocycles. The smallest absolute Gasteiger partial charge is 0.0814 e. The lowest BCUT2D eigenvalue weighted by Crippen LogP contribution is -2.43. The molecule has 0 fully saturated rings. The van der Waals surface area contributed by atoms with Gasteiger partial charge >= 0.3 is 0 Å². The van der Waals surface area contributed by atoms with Crippen LogP contribution in [0, 0.1) is 0 Å². The van der Waals surface area contributed by atoms with Crippen LogP contribution in [0.4, 0.5) is 0 Å². The third-order valence-corrected chi connectivity index (χ3v) is 8.36. The number of nitrogens with zero attached hydrogens (tertiary/aromatic N) is 1. The first kappa shape index (κ1) is 20.2. The van der Waals surface area contributed by atoms with Crippen molar-refractivity contribution in [2.45, 2.75) is 65.1 Å². The largest absolute Gasteiger partial charge is 0.303 e. The molecule has 0 spiro atoms. The van der Waals surface area contributed by atoms with E-state index in [-0.39, 0.29) is 0 Å². The molecular formula is C21H37NSi. The highest BCUT2D eigenvalue weighted by Crippen LogP contribution is 2.16. The van der Waals surface area contributed by atoms with Crippen molar-refractivity contribution >= 4 is 19.3 Å². The Labute approximate surface area is 145 Å². The molecule has 0 N–H and O–H groups in total. The van der Waals surface area contributed by atoms with Crippen molar-refractivity contribution in [1.82, 2.24) is 4.90 Å². The van der Waals surface area contributed by atoms with E-state index >= 15 is 0 Å². The first-order valence-electron chi connectivity index (χ1n) is 9.49. The zero-order valence-electron chi connectivity index (χ0n) is 15.9. The van der Waals surface area contributed by atoms with Gasteiger partial charge in [0.15, 0.2) is 0 Å². The molecule has 0 radical (unpaired) electrons. The Morgan fingerprint density at radius 3 is 2.09 bits per heavy atom. The van der Waals surface area contributed by atoms with Gasteiger partial charge in [0, 0.05) is 0 Å². The van der Waals surface area contributed by atoms with Crippen molar-refractivity contribution in [2.75, 3.05) is 19.6 Å². The second-order valence-corrected chi connectivity index (χ2v) is 12.1. The fraction of sp³-hybridized carbons (Fsp3) is 0.619. The van der Waals surface area contributed by atoms with Crippen LogP contribution in [0.15, 0.2) is 30.8 Å². The molecule has 23 heavy (non-hydrogen) atoms. The third-order valence-electron chi connectivity index (χ3n) is 4.84. The fourth-order valence-electron chi connectivity index (χ4n) is 3.27. The van der Waals surface area contributed by atoms with Crippen LogP contribution in [0.1, 0.15) is 51.5 Å². The van der Waals surface area contributed by atoms with E-state index in [1.165, 1.54) is 63.3 Å². The molecule has 0 aliphatic carbocycles. The van der Waals surface area contributed by atoms with E-state index < -0.39 is 8.07 Å². The Morgan fingerprint density at radius 1 is 0.957 bits per heavy atom. The predicted molar refractivity (Wildman–Crippen MR) is 109 cm³/mol. The molecule has 0 heterocycles. The van der Waals surface area contributed by atoms with Crippen LogP contribution < -0.4 is 5.19 Å². The minimum atomic E-state index is -1.37. The number of rotatable bonds is 12. The van der Waals surface area contributed by atoms with Gasteiger partial charge in [0.1, 0.15) is 0 Å². The maximum absolute atomic E-state index is 4.00. The van der Waals surface area contributed by atoms with E-state index in [1.807, 2.05) is 6.08 Å². The molecule has 1 nitrogen and oxygen atoms in total. The van der Waals surface area contributed by atoms with Crippen LogP contribution in [0.5, 0.6) is 0 Å². The molecule has 0 aromatic heterocycles. The maximum atomic E-state index is 4.00. The number of benzene rings is 1. The minimum Gasteiger partial charge on any atom is -0.303 e. The Bertz CT molecular complexity index is 445. The Morgan fingerprint density at radius 2 is 1.52 bits per heavy atom. The van der Waals surface area contributed by atoms with Gasteiger partial charge < -0.3 is 4.90 Å². The van der Waals surface area contributed by atoms with E-state index in [9.17, 15) is 0 Å². The van der Waals surface area contributed by atoms with Crippen molar-refractivity contribution in [3.63, 3.8) is 0 Å². The van der Waals surface area contributed by atoms with E-state index in [1.54, 1.807) is 5.19 Å². The van der Waals surface area contributed by atoms with Crippen LogP contribution in [0.25, 0.3) is 6.08 Å². The molecule has 130 valence electrons. The van der Waals surface area contributed by atoms with Crippen LogP contribution in [-0.4, -0.2) is 32.6 Å². The van der Waals surface area contributed by atoms with Crippen molar-refractivity contribution in [2.24, 2.45) is 0 Å². The van der Waals surface area contributed by atoms with Gasteiger partial charge in [-0.2, -0.15) is 0 Å².